The van der Waals surface area contributed by atoms with Crippen LogP contribution < -0.4 is 5.73 Å². The fourth-order valence-corrected chi connectivity index (χ4v) is 1.28. The lowest BCUT2D eigenvalue weighted by Crippen LogP contribution is -2.39. The summed E-state index contributed by atoms with van der Waals surface area (Å²) in [5.41, 5.74) is 6.61. The zero-order chi connectivity index (χ0) is 10.6. The number of rotatable bonds is 3. The molecule has 76 valence electrons. The van der Waals surface area contributed by atoms with Crippen LogP contribution in [0.15, 0.2) is 30.3 Å². The summed E-state index contributed by atoms with van der Waals surface area (Å²) in [4.78, 5) is 13.1. The molecule has 0 bridgehead atoms. The van der Waals surface area contributed by atoms with Crippen LogP contribution in [0.4, 0.5) is 0 Å². The Labute approximate surface area is 84.5 Å². The maximum Gasteiger partial charge on any atom is 0.239 e. The molecule has 0 aliphatic heterocycles. The largest absolute Gasteiger partial charge is 0.340 e. The highest BCUT2D eigenvalue weighted by Gasteiger charge is 2.12. The van der Waals surface area contributed by atoms with Gasteiger partial charge in [-0.3, -0.25) is 4.79 Å². The van der Waals surface area contributed by atoms with Gasteiger partial charge < -0.3 is 10.6 Å². The van der Waals surface area contributed by atoms with Crippen molar-refractivity contribution in [2.24, 2.45) is 5.73 Å². The summed E-state index contributed by atoms with van der Waals surface area (Å²) in [7, 11) is 1.76. The number of hydrogen-bond donors (Lipinski definition) is 1. The monoisotopic (exact) mass is 192 g/mol. The van der Waals surface area contributed by atoms with Gasteiger partial charge in [-0.25, -0.2) is 0 Å². The normalized spacial score (nSPS) is 12.2. The molecule has 3 heteroatoms. The Kier molecular flexibility index (Phi) is 3.65. The van der Waals surface area contributed by atoms with Gasteiger partial charge in [0, 0.05) is 13.6 Å². The molecule has 0 aromatic heterocycles. The standard InChI is InChI=1S/C11H16N2O/c1-9(12)11(14)13(2)8-10-6-4-3-5-7-10/h3-7,9H,8,12H2,1-2H3/t9-/m1/s1. The minimum absolute atomic E-state index is 0.0335. The van der Waals surface area contributed by atoms with Gasteiger partial charge in [0.15, 0.2) is 0 Å². The van der Waals surface area contributed by atoms with Crippen molar-refractivity contribution in [3.8, 4) is 0 Å². The molecule has 0 heterocycles. The summed E-state index contributed by atoms with van der Waals surface area (Å²) in [6.45, 7) is 2.31. The Morgan fingerprint density at radius 2 is 2.00 bits per heavy atom. The van der Waals surface area contributed by atoms with E-state index in [1.54, 1.807) is 18.9 Å². The van der Waals surface area contributed by atoms with Gasteiger partial charge in [0.05, 0.1) is 6.04 Å². The Morgan fingerprint density at radius 1 is 1.43 bits per heavy atom. The molecule has 0 fully saturated rings. The van der Waals surface area contributed by atoms with E-state index in [2.05, 4.69) is 0 Å². The third kappa shape index (κ3) is 2.85. The number of hydrogen-bond acceptors (Lipinski definition) is 2. The van der Waals surface area contributed by atoms with Gasteiger partial charge in [0.2, 0.25) is 5.91 Å². The maximum atomic E-state index is 11.4. The second-order valence-corrected chi connectivity index (χ2v) is 3.47. The van der Waals surface area contributed by atoms with Crippen LogP contribution in [0.2, 0.25) is 0 Å². The molecule has 1 aromatic carbocycles. The van der Waals surface area contributed by atoms with Crippen molar-refractivity contribution in [2.75, 3.05) is 7.05 Å². The minimum atomic E-state index is -0.427. The van der Waals surface area contributed by atoms with E-state index >= 15 is 0 Å². The highest BCUT2D eigenvalue weighted by atomic mass is 16.2. The summed E-state index contributed by atoms with van der Waals surface area (Å²) in [6.07, 6.45) is 0. The van der Waals surface area contributed by atoms with Crippen LogP contribution in [0.25, 0.3) is 0 Å². The number of benzene rings is 1. The zero-order valence-electron chi connectivity index (χ0n) is 8.60. The summed E-state index contributed by atoms with van der Waals surface area (Å²) in [6, 6.07) is 9.43. The molecule has 1 rings (SSSR count). The Hall–Kier alpha value is -1.35. The Balaban J connectivity index is 2.57. The molecule has 0 spiro atoms. The lowest BCUT2D eigenvalue weighted by molar-refractivity contribution is -0.131. The van der Waals surface area contributed by atoms with Crippen LogP contribution >= 0.6 is 0 Å². The number of carbonyl (C=O) groups is 1. The molecule has 1 aromatic rings. The summed E-state index contributed by atoms with van der Waals surface area (Å²) in [5.74, 6) is -0.0335. The first-order valence-electron chi connectivity index (χ1n) is 4.65. The predicted molar refractivity (Wildman–Crippen MR) is 56.6 cm³/mol. The molecule has 2 N–H and O–H groups in total. The van der Waals surface area contributed by atoms with Crippen molar-refractivity contribution >= 4 is 5.91 Å². The van der Waals surface area contributed by atoms with Crippen molar-refractivity contribution < 1.29 is 4.79 Å². The fraction of sp³-hybridized carbons (Fsp3) is 0.364. The molecule has 1 atom stereocenters. The van der Waals surface area contributed by atoms with E-state index in [9.17, 15) is 4.79 Å². The van der Waals surface area contributed by atoms with Crippen LogP contribution in [-0.4, -0.2) is 23.9 Å². The number of amides is 1. The van der Waals surface area contributed by atoms with E-state index in [1.807, 2.05) is 30.3 Å². The number of likely N-dealkylation sites (N-methyl/N-ethyl adjacent to an activating group) is 1. The van der Waals surface area contributed by atoms with Crippen LogP contribution in [0.5, 0.6) is 0 Å². The molecular weight excluding hydrogens is 176 g/mol. The summed E-state index contributed by atoms with van der Waals surface area (Å²) >= 11 is 0. The van der Waals surface area contributed by atoms with Crippen LogP contribution in [0, 0.1) is 0 Å². The number of nitrogens with zero attached hydrogens (tertiary/aromatic N) is 1. The third-order valence-corrected chi connectivity index (χ3v) is 2.03. The Bertz CT molecular complexity index is 295. The molecule has 0 saturated carbocycles. The van der Waals surface area contributed by atoms with Crippen molar-refractivity contribution in [3.63, 3.8) is 0 Å². The van der Waals surface area contributed by atoms with Crippen molar-refractivity contribution in [1.29, 1.82) is 0 Å². The quantitative estimate of drug-likeness (QED) is 0.776. The summed E-state index contributed by atoms with van der Waals surface area (Å²) < 4.78 is 0. The van der Waals surface area contributed by atoms with E-state index in [4.69, 9.17) is 5.73 Å². The van der Waals surface area contributed by atoms with Crippen LogP contribution in [0.1, 0.15) is 12.5 Å². The van der Waals surface area contributed by atoms with Crippen molar-refractivity contribution in [2.45, 2.75) is 19.5 Å². The molecule has 3 nitrogen and oxygen atoms in total. The third-order valence-electron chi connectivity index (χ3n) is 2.03. The second-order valence-electron chi connectivity index (χ2n) is 3.47. The average molecular weight is 192 g/mol. The van der Waals surface area contributed by atoms with Gasteiger partial charge in [-0.1, -0.05) is 30.3 Å². The molecule has 14 heavy (non-hydrogen) atoms. The van der Waals surface area contributed by atoms with E-state index in [1.165, 1.54) is 0 Å². The Morgan fingerprint density at radius 3 is 2.50 bits per heavy atom. The second kappa shape index (κ2) is 4.77. The fourth-order valence-electron chi connectivity index (χ4n) is 1.28. The molecular formula is C11H16N2O. The molecule has 0 radical (unpaired) electrons. The topological polar surface area (TPSA) is 46.3 Å². The van der Waals surface area contributed by atoms with Crippen LogP contribution in [0.3, 0.4) is 0 Å². The molecule has 0 aliphatic carbocycles. The van der Waals surface area contributed by atoms with Crippen LogP contribution in [-0.2, 0) is 11.3 Å². The average Bonchev–Trinajstić information content (AvgIpc) is 2.18. The number of carbonyl (C=O) groups excluding carboxylic acids is 1. The first kappa shape index (κ1) is 10.7. The highest BCUT2D eigenvalue weighted by Crippen LogP contribution is 2.03. The zero-order valence-corrected chi connectivity index (χ0v) is 8.60. The van der Waals surface area contributed by atoms with Gasteiger partial charge in [-0.15, -0.1) is 0 Å². The maximum absolute atomic E-state index is 11.4. The lowest BCUT2D eigenvalue weighted by Gasteiger charge is -2.19. The summed E-state index contributed by atoms with van der Waals surface area (Å²) in [5, 5.41) is 0. The molecule has 1 amide bonds. The molecule has 0 aliphatic rings. The molecule has 0 unspecified atom stereocenters. The number of nitrogens with two attached hydrogens (primary N) is 1. The smallest absolute Gasteiger partial charge is 0.239 e. The predicted octanol–water partition coefficient (Wildman–Crippen LogP) is 0.992. The van der Waals surface area contributed by atoms with E-state index in [-0.39, 0.29) is 5.91 Å². The van der Waals surface area contributed by atoms with Gasteiger partial charge >= 0.3 is 0 Å². The van der Waals surface area contributed by atoms with Crippen molar-refractivity contribution in [3.05, 3.63) is 35.9 Å². The van der Waals surface area contributed by atoms with Gasteiger partial charge in [-0.2, -0.15) is 0 Å². The highest BCUT2D eigenvalue weighted by molar-refractivity contribution is 5.80. The van der Waals surface area contributed by atoms with E-state index in [0.29, 0.717) is 6.54 Å². The van der Waals surface area contributed by atoms with E-state index < -0.39 is 6.04 Å². The first-order chi connectivity index (χ1) is 6.61. The first-order valence-corrected chi connectivity index (χ1v) is 4.65. The van der Waals surface area contributed by atoms with Gasteiger partial charge in [0.25, 0.3) is 0 Å². The van der Waals surface area contributed by atoms with E-state index in [0.717, 1.165) is 5.56 Å². The van der Waals surface area contributed by atoms with Gasteiger partial charge in [-0.05, 0) is 12.5 Å². The van der Waals surface area contributed by atoms with Crippen molar-refractivity contribution in [1.82, 2.24) is 4.90 Å². The minimum Gasteiger partial charge on any atom is -0.340 e. The lowest BCUT2D eigenvalue weighted by atomic mass is 10.2. The molecule has 0 saturated heterocycles. The van der Waals surface area contributed by atoms with Gasteiger partial charge in [0.1, 0.15) is 0 Å². The SMILES string of the molecule is C[C@@H](N)C(=O)N(C)Cc1ccccc1.